The Kier molecular flexibility index (Phi) is 6.02. The Bertz CT molecular complexity index is 1200. The normalized spacial score (nSPS) is 10.9. The average Bonchev–Trinajstić information content (AvgIpc) is 2.72. The molecule has 0 aliphatic rings. The number of nitriles is 1. The van der Waals surface area contributed by atoms with Crippen molar-refractivity contribution in [2.75, 3.05) is 11.2 Å². The van der Waals surface area contributed by atoms with Crippen molar-refractivity contribution in [3.8, 4) is 6.07 Å². The summed E-state index contributed by atoms with van der Waals surface area (Å²) in [7, 11) is -3.47. The number of sulfone groups is 1. The van der Waals surface area contributed by atoms with E-state index in [4.69, 9.17) is 11.6 Å². The van der Waals surface area contributed by atoms with Crippen LogP contribution < -0.4 is 4.90 Å². The van der Waals surface area contributed by atoms with Gasteiger partial charge in [0.05, 0.1) is 22.7 Å². The van der Waals surface area contributed by atoms with Crippen molar-refractivity contribution in [1.29, 1.82) is 5.26 Å². The van der Waals surface area contributed by atoms with Crippen LogP contribution in [0.1, 0.15) is 21.5 Å². The first-order valence-corrected chi connectivity index (χ1v) is 10.9. The summed E-state index contributed by atoms with van der Waals surface area (Å²) >= 11 is 6.13. The molecule has 7 heteroatoms. The lowest BCUT2D eigenvalue weighted by Crippen LogP contribution is -2.31. The van der Waals surface area contributed by atoms with E-state index in [9.17, 15) is 18.5 Å². The monoisotopic (exact) mass is 424 g/mol. The summed E-state index contributed by atoms with van der Waals surface area (Å²) in [6.07, 6.45) is 1.09. The predicted molar refractivity (Wildman–Crippen MR) is 113 cm³/mol. The maximum absolute atomic E-state index is 13.4. The van der Waals surface area contributed by atoms with Gasteiger partial charge >= 0.3 is 0 Å². The van der Waals surface area contributed by atoms with Gasteiger partial charge in [-0.2, -0.15) is 5.26 Å². The molecule has 5 nitrogen and oxygen atoms in total. The highest BCUT2D eigenvalue weighted by molar-refractivity contribution is 7.90. The molecule has 0 saturated heterocycles. The fourth-order valence-corrected chi connectivity index (χ4v) is 3.70. The molecule has 0 aliphatic heterocycles. The molecule has 0 aliphatic carbocycles. The molecule has 0 spiro atoms. The summed E-state index contributed by atoms with van der Waals surface area (Å²) in [6, 6.07) is 21.9. The number of carbonyl (C=O) groups excluding carboxylic acids is 1. The highest BCUT2D eigenvalue weighted by Gasteiger charge is 2.22. The lowest BCUT2D eigenvalue weighted by molar-refractivity contribution is 0.0985. The second kappa shape index (κ2) is 8.48. The van der Waals surface area contributed by atoms with Crippen LogP contribution in [0, 0.1) is 11.3 Å². The Morgan fingerprint density at radius 2 is 1.76 bits per heavy atom. The standard InChI is InChI=1S/C22H17ClN2O3S/c1-29(27,28)20-9-5-8-17(12-20)22(26)25(15-16-6-3-2-4-7-16)21-13-19(23)11-10-18(21)14-24/h2-13H,15H2,1H3. The van der Waals surface area contributed by atoms with Gasteiger partial charge in [0.1, 0.15) is 6.07 Å². The van der Waals surface area contributed by atoms with Crippen LogP contribution in [0.15, 0.2) is 77.7 Å². The van der Waals surface area contributed by atoms with Crippen LogP contribution in [0.25, 0.3) is 0 Å². The summed E-state index contributed by atoms with van der Waals surface area (Å²) in [4.78, 5) is 14.9. The van der Waals surface area contributed by atoms with E-state index in [-0.39, 0.29) is 22.6 Å². The van der Waals surface area contributed by atoms with Gasteiger partial charge in [-0.15, -0.1) is 0 Å². The summed E-state index contributed by atoms with van der Waals surface area (Å²) in [5, 5.41) is 9.90. The Morgan fingerprint density at radius 1 is 1.03 bits per heavy atom. The van der Waals surface area contributed by atoms with Crippen molar-refractivity contribution in [2.45, 2.75) is 11.4 Å². The molecule has 0 N–H and O–H groups in total. The third-order valence-electron chi connectivity index (χ3n) is 4.31. The zero-order valence-electron chi connectivity index (χ0n) is 15.5. The Labute approximate surface area is 174 Å². The molecule has 0 heterocycles. The molecule has 0 unspecified atom stereocenters. The van der Waals surface area contributed by atoms with Crippen molar-refractivity contribution in [1.82, 2.24) is 0 Å². The SMILES string of the molecule is CS(=O)(=O)c1cccc(C(=O)N(Cc2ccccc2)c2cc(Cl)ccc2C#N)c1. The molecule has 3 aromatic carbocycles. The Morgan fingerprint density at radius 3 is 2.41 bits per heavy atom. The lowest BCUT2D eigenvalue weighted by atomic mass is 10.1. The Balaban J connectivity index is 2.12. The summed E-state index contributed by atoms with van der Waals surface area (Å²) in [5.74, 6) is -0.432. The number of halogens is 1. The largest absolute Gasteiger partial charge is 0.303 e. The fourth-order valence-electron chi connectivity index (χ4n) is 2.87. The first-order chi connectivity index (χ1) is 13.8. The number of carbonyl (C=O) groups is 1. The van der Waals surface area contributed by atoms with Gasteiger partial charge in [-0.3, -0.25) is 4.79 Å². The van der Waals surface area contributed by atoms with E-state index in [0.717, 1.165) is 11.8 Å². The smallest absolute Gasteiger partial charge is 0.258 e. The first kappa shape index (κ1) is 20.6. The predicted octanol–water partition coefficient (Wildman–Crippen LogP) is 4.46. The molecule has 0 atom stereocenters. The minimum atomic E-state index is -3.47. The highest BCUT2D eigenvalue weighted by atomic mass is 35.5. The lowest BCUT2D eigenvalue weighted by Gasteiger charge is -2.24. The van der Waals surface area contributed by atoms with Gasteiger partial charge in [0.25, 0.3) is 5.91 Å². The van der Waals surface area contributed by atoms with Gasteiger partial charge in [0.15, 0.2) is 9.84 Å². The second-order valence-electron chi connectivity index (χ2n) is 6.45. The van der Waals surface area contributed by atoms with E-state index in [2.05, 4.69) is 6.07 Å². The summed E-state index contributed by atoms with van der Waals surface area (Å²) < 4.78 is 23.8. The van der Waals surface area contributed by atoms with Crippen LogP contribution in [-0.2, 0) is 16.4 Å². The third-order valence-corrected chi connectivity index (χ3v) is 5.65. The van der Waals surface area contributed by atoms with Crippen molar-refractivity contribution in [3.05, 3.63) is 94.5 Å². The van der Waals surface area contributed by atoms with E-state index >= 15 is 0 Å². The average molecular weight is 425 g/mol. The maximum Gasteiger partial charge on any atom is 0.258 e. The molecule has 29 heavy (non-hydrogen) atoms. The number of hydrogen-bond donors (Lipinski definition) is 0. The number of anilines is 1. The van der Waals surface area contributed by atoms with Crippen LogP contribution in [0.3, 0.4) is 0 Å². The zero-order chi connectivity index (χ0) is 21.0. The van der Waals surface area contributed by atoms with E-state index in [0.29, 0.717) is 10.7 Å². The van der Waals surface area contributed by atoms with Crippen molar-refractivity contribution < 1.29 is 13.2 Å². The molecular formula is C22H17ClN2O3S. The van der Waals surface area contributed by atoms with Crippen LogP contribution in [0.2, 0.25) is 5.02 Å². The van der Waals surface area contributed by atoms with Crippen molar-refractivity contribution >= 4 is 33.0 Å². The van der Waals surface area contributed by atoms with Gasteiger partial charge < -0.3 is 4.90 Å². The second-order valence-corrected chi connectivity index (χ2v) is 8.90. The van der Waals surface area contributed by atoms with Crippen LogP contribution >= 0.6 is 11.6 Å². The summed E-state index contributed by atoms with van der Waals surface area (Å²) in [6.45, 7) is 0.192. The first-order valence-electron chi connectivity index (χ1n) is 8.65. The van der Waals surface area contributed by atoms with Gasteiger partial charge in [-0.05, 0) is 42.0 Å². The number of amides is 1. The molecule has 0 aromatic heterocycles. The molecule has 1 amide bonds. The minimum absolute atomic E-state index is 0.0506. The van der Waals surface area contributed by atoms with Crippen molar-refractivity contribution in [3.63, 3.8) is 0 Å². The highest BCUT2D eigenvalue weighted by Crippen LogP contribution is 2.28. The molecule has 0 bridgehead atoms. The topological polar surface area (TPSA) is 78.2 Å². The van der Waals surface area contributed by atoms with Crippen LogP contribution in [-0.4, -0.2) is 20.6 Å². The van der Waals surface area contributed by atoms with Gasteiger partial charge in [0.2, 0.25) is 0 Å². The van der Waals surface area contributed by atoms with E-state index in [1.807, 2.05) is 30.3 Å². The third kappa shape index (κ3) is 4.83. The number of rotatable bonds is 5. The molecule has 0 radical (unpaired) electrons. The molecule has 3 rings (SSSR count). The molecule has 146 valence electrons. The van der Waals surface area contributed by atoms with E-state index in [1.165, 1.54) is 23.1 Å². The fraction of sp³-hybridized carbons (Fsp3) is 0.0909. The van der Waals surface area contributed by atoms with Gasteiger partial charge in [-0.25, -0.2) is 8.42 Å². The van der Waals surface area contributed by atoms with Crippen LogP contribution in [0.5, 0.6) is 0 Å². The number of hydrogen-bond acceptors (Lipinski definition) is 4. The number of benzene rings is 3. The number of nitrogens with zero attached hydrogens (tertiary/aromatic N) is 2. The maximum atomic E-state index is 13.4. The van der Waals surface area contributed by atoms with Gasteiger partial charge in [0, 0.05) is 16.8 Å². The molecule has 3 aromatic rings. The molecular weight excluding hydrogens is 408 g/mol. The van der Waals surface area contributed by atoms with E-state index < -0.39 is 15.7 Å². The zero-order valence-corrected chi connectivity index (χ0v) is 17.1. The molecule has 0 fully saturated rings. The Hall–Kier alpha value is -3.14. The molecule has 0 saturated carbocycles. The van der Waals surface area contributed by atoms with E-state index in [1.54, 1.807) is 24.3 Å². The summed E-state index contributed by atoms with van der Waals surface area (Å²) in [5.41, 5.74) is 1.70. The quantitative estimate of drug-likeness (QED) is 0.605. The van der Waals surface area contributed by atoms with Crippen LogP contribution in [0.4, 0.5) is 5.69 Å². The minimum Gasteiger partial charge on any atom is -0.303 e. The van der Waals surface area contributed by atoms with Crippen molar-refractivity contribution in [2.24, 2.45) is 0 Å². The van der Waals surface area contributed by atoms with Gasteiger partial charge in [-0.1, -0.05) is 48.0 Å².